The zero-order valence-electron chi connectivity index (χ0n) is 13.3. The van der Waals surface area contributed by atoms with Crippen LogP contribution in [0.2, 0.25) is 0 Å². The van der Waals surface area contributed by atoms with Gasteiger partial charge in [-0.05, 0) is 47.8 Å². The lowest BCUT2D eigenvalue weighted by atomic mass is 9.64. The predicted molar refractivity (Wildman–Crippen MR) is 83.7 cm³/mol. The van der Waals surface area contributed by atoms with Crippen molar-refractivity contribution in [1.29, 1.82) is 0 Å². The molecule has 1 N–H and O–H groups in total. The van der Waals surface area contributed by atoms with Gasteiger partial charge in [-0.15, -0.1) is 0 Å². The van der Waals surface area contributed by atoms with Crippen LogP contribution in [0.5, 0.6) is 5.75 Å². The minimum atomic E-state index is 0.245. The van der Waals surface area contributed by atoms with Crippen LogP contribution in [0.4, 0.5) is 0 Å². The fourth-order valence-corrected chi connectivity index (χ4v) is 3.14. The first-order valence-corrected chi connectivity index (χ1v) is 7.74. The molecular formula is C18H30O. The van der Waals surface area contributed by atoms with Gasteiger partial charge >= 0.3 is 0 Å². The molecule has 1 nitrogen and oxygen atoms in total. The van der Waals surface area contributed by atoms with Crippen LogP contribution in [-0.4, -0.2) is 5.11 Å². The van der Waals surface area contributed by atoms with Crippen molar-refractivity contribution in [3.63, 3.8) is 0 Å². The molecule has 1 aromatic rings. The molecule has 0 amide bonds. The van der Waals surface area contributed by atoms with Crippen molar-refractivity contribution in [2.75, 3.05) is 0 Å². The van der Waals surface area contributed by atoms with Crippen molar-refractivity contribution in [3.8, 4) is 5.75 Å². The molecule has 0 spiro atoms. The maximum absolute atomic E-state index is 9.49. The van der Waals surface area contributed by atoms with Crippen LogP contribution in [-0.2, 0) is 5.41 Å². The van der Waals surface area contributed by atoms with Crippen LogP contribution < -0.4 is 0 Å². The van der Waals surface area contributed by atoms with E-state index in [-0.39, 0.29) is 5.41 Å². The van der Waals surface area contributed by atoms with Gasteiger partial charge in [-0.25, -0.2) is 0 Å². The Morgan fingerprint density at radius 1 is 0.842 bits per heavy atom. The first kappa shape index (κ1) is 16.1. The highest BCUT2D eigenvalue weighted by atomic mass is 16.3. The largest absolute Gasteiger partial charge is 0.508 e. The van der Waals surface area contributed by atoms with Gasteiger partial charge in [0.15, 0.2) is 0 Å². The van der Waals surface area contributed by atoms with Crippen molar-refractivity contribution >= 4 is 0 Å². The van der Waals surface area contributed by atoms with Crippen molar-refractivity contribution in [2.45, 2.75) is 72.1 Å². The Kier molecular flexibility index (Phi) is 5.46. The van der Waals surface area contributed by atoms with E-state index in [1.165, 1.54) is 24.8 Å². The van der Waals surface area contributed by atoms with E-state index in [0.717, 1.165) is 12.8 Å². The molecule has 0 bridgehead atoms. The fraction of sp³-hybridized carbons (Fsp3) is 0.667. The van der Waals surface area contributed by atoms with Gasteiger partial charge in [0, 0.05) is 0 Å². The van der Waals surface area contributed by atoms with Crippen LogP contribution in [0, 0.1) is 5.41 Å². The summed E-state index contributed by atoms with van der Waals surface area (Å²) in [7, 11) is 0. The Balaban J connectivity index is 3.13. The average molecular weight is 262 g/mol. The van der Waals surface area contributed by atoms with Gasteiger partial charge in [0.1, 0.15) is 5.75 Å². The van der Waals surface area contributed by atoms with Gasteiger partial charge in [0.25, 0.3) is 0 Å². The number of benzene rings is 1. The van der Waals surface area contributed by atoms with Gasteiger partial charge in [-0.2, -0.15) is 0 Å². The minimum Gasteiger partial charge on any atom is -0.508 e. The maximum Gasteiger partial charge on any atom is 0.115 e. The molecule has 19 heavy (non-hydrogen) atoms. The van der Waals surface area contributed by atoms with Crippen LogP contribution in [0.3, 0.4) is 0 Å². The molecule has 1 heteroatoms. The monoisotopic (exact) mass is 262 g/mol. The molecule has 0 saturated heterocycles. The van der Waals surface area contributed by atoms with Gasteiger partial charge in [-0.1, -0.05) is 59.6 Å². The first-order valence-electron chi connectivity index (χ1n) is 7.74. The molecule has 0 saturated carbocycles. The Morgan fingerprint density at radius 3 is 1.68 bits per heavy atom. The molecule has 0 aliphatic rings. The summed E-state index contributed by atoms with van der Waals surface area (Å²) >= 11 is 0. The van der Waals surface area contributed by atoms with E-state index in [1.807, 2.05) is 12.1 Å². The molecule has 0 unspecified atom stereocenters. The summed E-state index contributed by atoms with van der Waals surface area (Å²) in [5, 5.41) is 9.49. The number of hydrogen-bond donors (Lipinski definition) is 1. The van der Waals surface area contributed by atoms with E-state index >= 15 is 0 Å². The molecule has 0 fully saturated rings. The number of rotatable bonds is 7. The highest BCUT2D eigenvalue weighted by Gasteiger charge is 2.35. The Bertz CT molecular complexity index is 369. The summed E-state index contributed by atoms with van der Waals surface area (Å²) in [5.41, 5.74) is 2.03. The van der Waals surface area contributed by atoms with Crippen LogP contribution in [0.1, 0.15) is 72.3 Å². The molecular weight excluding hydrogens is 232 g/mol. The SMILES string of the molecule is CCC(C)(CC)CC(CC)(CC)c1ccc(O)cc1. The van der Waals surface area contributed by atoms with Gasteiger partial charge in [0.2, 0.25) is 0 Å². The Morgan fingerprint density at radius 2 is 1.32 bits per heavy atom. The summed E-state index contributed by atoms with van der Waals surface area (Å²) in [6, 6.07) is 7.86. The first-order chi connectivity index (χ1) is 8.95. The standard InChI is InChI=1S/C18H30O/c1-6-17(5,7-2)14-18(8-3,9-4)15-10-12-16(19)13-11-15/h10-13,19H,6-9,14H2,1-5H3. The molecule has 0 aromatic heterocycles. The number of hydrogen-bond acceptors (Lipinski definition) is 1. The summed E-state index contributed by atoms with van der Waals surface area (Å²) in [4.78, 5) is 0. The molecule has 108 valence electrons. The van der Waals surface area contributed by atoms with E-state index in [2.05, 4.69) is 46.8 Å². The van der Waals surface area contributed by atoms with E-state index in [1.54, 1.807) is 0 Å². The van der Waals surface area contributed by atoms with Gasteiger partial charge in [0.05, 0.1) is 0 Å². The number of phenolic OH excluding ortho intramolecular Hbond substituents is 1. The smallest absolute Gasteiger partial charge is 0.115 e. The Hall–Kier alpha value is -0.980. The van der Waals surface area contributed by atoms with E-state index in [9.17, 15) is 5.11 Å². The minimum absolute atomic E-state index is 0.245. The highest BCUT2D eigenvalue weighted by Crippen LogP contribution is 2.45. The summed E-state index contributed by atoms with van der Waals surface area (Å²) < 4.78 is 0. The molecule has 0 atom stereocenters. The molecule has 0 aliphatic heterocycles. The normalized spacial score (nSPS) is 12.7. The molecule has 1 rings (SSSR count). The van der Waals surface area contributed by atoms with E-state index < -0.39 is 0 Å². The molecule has 0 heterocycles. The van der Waals surface area contributed by atoms with Crippen LogP contribution in [0.15, 0.2) is 24.3 Å². The lowest BCUT2D eigenvalue weighted by molar-refractivity contribution is 0.183. The summed E-state index contributed by atoms with van der Waals surface area (Å²) in [6.07, 6.45) is 5.99. The second-order valence-corrected chi connectivity index (χ2v) is 6.23. The van der Waals surface area contributed by atoms with E-state index in [0.29, 0.717) is 11.2 Å². The maximum atomic E-state index is 9.49. The van der Waals surface area contributed by atoms with E-state index in [4.69, 9.17) is 0 Å². The van der Waals surface area contributed by atoms with Crippen molar-refractivity contribution < 1.29 is 5.11 Å². The van der Waals surface area contributed by atoms with Crippen molar-refractivity contribution in [2.24, 2.45) is 5.41 Å². The zero-order valence-corrected chi connectivity index (χ0v) is 13.3. The molecule has 1 aromatic carbocycles. The number of phenols is 1. The predicted octanol–water partition coefficient (Wildman–Crippen LogP) is 5.67. The fourth-order valence-electron chi connectivity index (χ4n) is 3.14. The third kappa shape index (κ3) is 3.52. The number of aromatic hydroxyl groups is 1. The quantitative estimate of drug-likeness (QED) is 0.671. The lowest BCUT2D eigenvalue weighted by Crippen LogP contribution is -2.32. The highest BCUT2D eigenvalue weighted by molar-refractivity contribution is 5.32. The molecule has 0 aliphatic carbocycles. The third-order valence-electron chi connectivity index (χ3n) is 5.31. The van der Waals surface area contributed by atoms with Gasteiger partial charge < -0.3 is 5.11 Å². The second kappa shape index (κ2) is 6.45. The van der Waals surface area contributed by atoms with Crippen LogP contribution >= 0.6 is 0 Å². The Labute approximate surface area is 119 Å². The zero-order chi connectivity index (χ0) is 14.5. The average Bonchev–Trinajstić information content (AvgIpc) is 2.45. The van der Waals surface area contributed by atoms with Crippen molar-refractivity contribution in [3.05, 3.63) is 29.8 Å². The second-order valence-electron chi connectivity index (χ2n) is 6.23. The lowest BCUT2D eigenvalue weighted by Gasteiger charge is -2.41. The summed E-state index contributed by atoms with van der Waals surface area (Å²) in [6.45, 7) is 11.6. The third-order valence-corrected chi connectivity index (χ3v) is 5.31. The van der Waals surface area contributed by atoms with Crippen LogP contribution in [0.25, 0.3) is 0 Å². The topological polar surface area (TPSA) is 20.2 Å². The van der Waals surface area contributed by atoms with Gasteiger partial charge in [-0.3, -0.25) is 0 Å². The summed E-state index contributed by atoms with van der Waals surface area (Å²) in [5.74, 6) is 0.360. The van der Waals surface area contributed by atoms with Crippen molar-refractivity contribution in [1.82, 2.24) is 0 Å². The molecule has 0 radical (unpaired) electrons.